The number of halogens is 1. The van der Waals surface area contributed by atoms with E-state index in [-0.39, 0.29) is 11.1 Å². The number of hydrogen-bond donors (Lipinski definition) is 1. The zero-order valence-corrected chi connectivity index (χ0v) is 10.3. The zero-order valence-electron chi connectivity index (χ0n) is 9.51. The zero-order chi connectivity index (χ0) is 13.6. The number of fused-ring (bicyclic) bond motifs is 2. The molecule has 3 rings (SSSR count). The highest BCUT2D eigenvalue weighted by Crippen LogP contribution is 2.21. The Morgan fingerprint density at radius 2 is 1.84 bits per heavy atom. The van der Waals surface area contributed by atoms with Crippen LogP contribution in [-0.2, 0) is 0 Å². The fourth-order valence-corrected chi connectivity index (χ4v) is 2.22. The maximum absolute atomic E-state index is 12.3. The number of non-ortho nitro benzene ring substituents is 1. The molecule has 5 nitrogen and oxygen atoms in total. The number of rotatable bonds is 1. The first-order chi connectivity index (χ1) is 9.06. The van der Waals surface area contributed by atoms with Crippen molar-refractivity contribution in [2.45, 2.75) is 0 Å². The van der Waals surface area contributed by atoms with Gasteiger partial charge in [0.1, 0.15) is 0 Å². The second-order valence-corrected chi connectivity index (χ2v) is 4.57. The van der Waals surface area contributed by atoms with Gasteiger partial charge in [0.05, 0.1) is 10.4 Å². The number of nitro groups is 1. The Morgan fingerprint density at radius 3 is 2.58 bits per heavy atom. The summed E-state index contributed by atoms with van der Waals surface area (Å²) in [6, 6.07) is 9.03. The van der Waals surface area contributed by atoms with E-state index in [1.807, 2.05) is 0 Å². The normalized spacial score (nSPS) is 11.0. The largest absolute Gasteiger partial charge is 0.354 e. The summed E-state index contributed by atoms with van der Waals surface area (Å²) in [5, 5.41) is 12.1. The molecule has 1 heterocycles. The van der Waals surface area contributed by atoms with Crippen molar-refractivity contribution in [1.82, 2.24) is 4.98 Å². The molecule has 94 valence electrons. The van der Waals surface area contributed by atoms with Gasteiger partial charge < -0.3 is 4.98 Å². The van der Waals surface area contributed by atoms with Gasteiger partial charge in [-0.05, 0) is 24.3 Å². The lowest BCUT2D eigenvalue weighted by atomic mass is 10.1. The lowest BCUT2D eigenvalue weighted by Crippen LogP contribution is -2.04. The van der Waals surface area contributed by atoms with Gasteiger partial charge in [-0.15, -0.1) is 0 Å². The van der Waals surface area contributed by atoms with E-state index in [9.17, 15) is 14.9 Å². The molecule has 0 atom stereocenters. The molecule has 0 saturated heterocycles. The van der Waals surface area contributed by atoms with Crippen molar-refractivity contribution in [1.29, 1.82) is 0 Å². The summed E-state index contributed by atoms with van der Waals surface area (Å²) < 4.78 is 0. The molecule has 2 aromatic carbocycles. The van der Waals surface area contributed by atoms with Crippen LogP contribution < -0.4 is 5.43 Å². The van der Waals surface area contributed by atoms with Crippen LogP contribution in [0.2, 0.25) is 5.02 Å². The lowest BCUT2D eigenvalue weighted by Gasteiger charge is -2.03. The molecule has 0 amide bonds. The van der Waals surface area contributed by atoms with Gasteiger partial charge in [0.15, 0.2) is 5.43 Å². The van der Waals surface area contributed by atoms with Crippen LogP contribution in [0, 0.1) is 10.1 Å². The summed E-state index contributed by atoms with van der Waals surface area (Å²) in [7, 11) is 0. The Labute approximate surface area is 111 Å². The molecule has 6 heteroatoms. The molecule has 0 bridgehead atoms. The van der Waals surface area contributed by atoms with E-state index in [1.165, 1.54) is 18.2 Å². The molecule has 0 saturated carbocycles. The van der Waals surface area contributed by atoms with Gasteiger partial charge in [-0.25, -0.2) is 0 Å². The van der Waals surface area contributed by atoms with Crippen LogP contribution in [-0.4, -0.2) is 9.91 Å². The van der Waals surface area contributed by atoms with Crippen LogP contribution in [0.25, 0.3) is 21.8 Å². The lowest BCUT2D eigenvalue weighted by molar-refractivity contribution is -0.384. The number of pyridine rings is 1. The number of nitrogens with zero attached hydrogens (tertiary/aromatic N) is 1. The molecule has 0 aliphatic carbocycles. The number of aromatic nitrogens is 1. The third-order valence-electron chi connectivity index (χ3n) is 2.95. The van der Waals surface area contributed by atoms with Gasteiger partial charge in [0.25, 0.3) is 5.69 Å². The Bertz CT molecular complexity index is 886. The molecule has 0 fully saturated rings. The van der Waals surface area contributed by atoms with Crippen molar-refractivity contribution < 1.29 is 4.92 Å². The van der Waals surface area contributed by atoms with E-state index in [0.29, 0.717) is 26.8 Å². The Kier molecular flexibility index (Phi) is 2.50. The summed E-state index contributed by atoms with van der Waals surface area (Å²) in [5.74, 6) is 0. The first-order valence-electron chi connectivity index (χ1n) is 5.46. The topological polar surface area (TPSA) is 76.0 Å². The number of aromatic amines is 1. The number of hydrogen-bond acceptors (Lipinski definition) is 3. The van der Waals surface area contributed by atoms with Crippen LogP contribution in [0.5, 0.6) is 0 Å². The van der Waals surface area contributed by atoms with Crippen molar-refractivity contribution in [3.05, 3.63) is 61.8 Å². The molecule has 0 aliphatic rings. The van der Waals surface area contributed by atoms with Crippen molar-refractivity contribution in [3.8, 4) is 0 Å². The fraction of sp³-hybridized carbons (Fsp3) is 0. The first kappa shape index (κ1) is 11.7. The van der Waals surface area contributed by atoms with E-state index >= 15 is 0 Å². The second kappa shape index (κ2) is 4.07. The minimum Gasteiger partial charge on any atom is -0.354 e. The fourth-order valence-electron chi connectivity index (χ4n) is 2.05. The van der Waals surface area contributed by atoms with Crippen molar-refractivity contribution >= 4 is 39.1 Å². The number of benzene rings is 2. The minimum atomic E-state index is -0.496. The van der Waals surface area contributed by atoms with Crippen molar-refractivity contribution in [2.24, 2.45) is 0 Å². The van der Waals surface area contributed by atoms with Gasteiger partial charge in [-0.3, -0.25) is 14.9 Å². The summed E-state index contributed by atoms with van der Waals surface area (Å²) in [6.45, 7) is 0. The Morgan fingerprint density at radius 1 is 1.05 bits per heavy atom. The smallest absolute Gasteiger partial charge is 0.271 e. The van der Waals surface area contributed by atoms with Crippen LogP contribution >= 0.6 is 11.6 Å². The molecule has 0 spiro atoms. The quantitative estimate of drug-likeness (QED) is 0.420. The predicted molar refractivity (Wildman–Crippen MR) is 73.7 cm³/mol. The van der Waals surface area contributed by atoms with Crippen molar-refractivity contribution in [2.75, 3.05) is 0 Å². The molecular weight excluding hydrogens is 268 g/mol. The molecule has 1 N–H and O–H groups in total. The van der Waals surface area contributed by atoms with Gasteiger partial charge in [-0.1, -0.05) is 11.6 Å². The third kappa shape index (κ3) is 1.84. The van der Waals surface area contributed by atoms with Crippen LogP contribution in [0.15, 0.2) is 41.2 Å². The SMILES string of the molecule is O=c1c2ccc([N+](=O)[O-])cc2[nH]c2ccc(Cl)cc12. The van der Waals surface area contributed by atoms with E-state index < -0.39 is 4.92 Å². The van der Waals surface area contributed by atoms with Gasteiger partial charge in [0.2, 0.25) is 0 Å². The average molecular weight is 275 g/mol. The maximum atomic E-state index is 12.3. The molecule has 0 aliphatic heterocycles. The molecule has 1 aromatic heterocycles. The molecular formula is C13H7ClN2O3. The second-order valence-electron chi connectivity index (χ2n) is 4.13. The number of H-pyrrole nitrogens is 1. The summed E-state index contributed by atoms with van der Waals surface area (Å²) in [5.41, 5.74) is 0.786. The minimum absolute atomic E-state index is 0.0588. The molecule has 3 aromatic rings. The van der Waals surface area contributed by atoms with Crippen LogP contribution in [0.4, 0.5) is 5.69 Å². The van der Waals surface area contributed by atoms with E-state index in [4.69, 9.17) is 11.6 Å². The van der Waals surface area contributed by atoms with Crippen LogP contribution in [0.1, 0.15) is 0 Å². The van der Waals surface area contributed by atoms with Gasteiger partial charge in [0, 0.05) is 33.4 Å². The maximum Gasteiger partial charge on any atom is 0.271 e. The van der Waals surface area contributed by atoms with E-state index in [2.05, 4.69) is 4.98 Å². The summed E-state index contributed by atoms with van der Waals surface area (Å²) in [4.78, 5) is 25.5. The highest BCUT2D eigenvalue weighted by atomic mass is 35.5. The summed E-state index contributed by atoms with van der Waals surface area (Å²) >= 11 is 5.87. The van der Waals surface area contributed by atoms with Crippen LogP contribution in [0.3, 0.4) is 0 Å². The molecule has 19 heavy (non-hydrogen) atoms. The first-order valence-corrected chi connectivity index (χ1v) is 5.84. The van der Waals surface area contributed by atoms with Gasteiger partial charge >= 0.3 is 0 Å². The number of nitrogens with one attached hydrogen (secondary N) is 1. The highest BCUT2D eigenvalue weighted by molar-refractivity contribution is 6.31. The Hall–Kier alpha value is -2.40. The van der Waals surface area contributed by atoms with E-state index in [1.54, 1.807) is 18.2 Å². The van der Waals surface area contributed by atoms with E-state index in [0.717, 1.165) is 0 Å². The summed E-state index contributed by atoms with van der Waals surface area (Å²) in [6.07, 6.45) is 0. The highest BCUT2D eigenvalue weighted by Gasteiger charge is 2.10. The monoisotopic (exact) mass is 274 g/mol. The molecule has 0 unspecified atom stereocenters. The predicted octanol–water partition coefficient (Wildman–Crippen LogP) is 3.24. The van der Waals surface area contributed by atoms with Gasteiger partial charge in [-0.2, -0.15) is 0 Å². The van der Waals surface area contributed by atoms with Crippen molar-refractivity contribution in [3.63, 3.8) is 0 Å². The third-order valence-corrected chi connectivity index (χ3v) is 3.19. The Balaban J connectivity index is 2.46. The average Bonchev–Trinajstić information content (AvgIpc) is 2.39. The molecule has 0 radical (unpaired) electrons. The standard InChI is InChI=1S/C13H7ClN2O3/c14-7-1-4-11-10(5-7)13(17)9-3-2-8(16(18)19)6-12(9)15-11/h1-6H,(H,15,17). The number of nitro benzene ring substituents is 1.